The lowest BCUT2D eigenvalue weighted by Crippen LogP contribution is -2.07. The zero-order valence-corrected chi connectivity index (χ0v) is 12.6. The Kier molecular flexibility index (Phi) is 4.46. The average molecular weight is 270 g/mol. The lowest BCUT2D eigenvalue weighted by Gasteiger charge is -2.16. The minimum absolute atomic E-state index is 0.128. The summed E-state index contributed by atoms with van der Waals surface area (Å²) in [6.07, 6.45) is -0.491. The van der Waals surface area contributed by atoms with Crippen molar-refractivity contribution >= 4 is 0 Å². The maximum Gasteiger partial charge on any atom is 0.120 e. The van der Waals surface area contributed by atoms with Crippen LogP contribution in [-0.2, 0) is 0 Å². The number of aliphatic hydroxyl groups excluding tert-OH is 1. The molecule has 106 valence electrons. The Bertz CT molecular complexity index is 588. The molecule has 2 rings (SSSR count). The second-order valence-electron chi connectivity index (χ2n) is 5.50. The standard InChI is InChI=1S/C18H22O2/c1-12(2)20-16-7-5-6-15(11-16)18(19)17-9-8-13(3)10-14(17)4/h5-12,18-19H,1-4H3. The quantitative estimate of drug-likeness (QED) is 0.903. The fraction of sp³-hybridized carbons (Fsp3) is 0.333. The Hall–Kier alpha value is -1.80. The Morgan fingerprint density at radius 2 is 1.75 bits per heavy atom. The maximum absolute atomic E-state index is 10.6. The van der Waals surface area contributed by atoms with Crippen LogP contribution in [0.5, 0.6) is 5.75 Å². The third kappa shape index (κ3) is 3.40. The van der Waals surface area contributed by atoms with Crippen LogP contribution in [0.15, 0.2) is 42.5 Å². The molecule has 0 aromatic heterocycles. The maximum atomic E-state index is 10.6. The molecule has 2 heteroatoms. The zero-order valence-electron chi connectivity index (χ0n) is 12.6. The fourth-order valence-electron chi connectivity index (χ4n) is 2.34. The first-order chi connectivity index (χ1) is 9.47. The smallest absolute Gasteiger partial charge is 0.120 e. The van der Waals surface area contributed by atoms with E-state index in [2.05, 4.69) is 13.0 Å². The van der Waals surface area contributed by atoms with Gasteiger partial charge in [-0.15, -0.1) is 0 Å². The molecule has 0 aliphatic rings. The molecule has 1 unspecified atom stereocenters. The van der Waals surface area contributed by atoms with Crippen LogP contribution >= 0.6 is 0 Å². The Balaban J connectivity index is 2.30. The van der Waals surface area contributed by atoms with Gasteiger partial charge in [-0.1, -0.05) is 35.9 Å². The summed E-state index contributed by atoms with van der Waals surface area (Å²) in [6.45, 7) is 8.07. The summed E-state index contributed by atoms with van der Waals surface area (Å²) in [7, 11) is 0. The molecule has 0 aliphatic heterocycles. The van der Waals surface area contributed by atoms with Gasteiger partial charge < -0.3 is 9.84 Å². The molecule has 1 atom stereocenters. The molecule has 2 nitrogen and oxygen atoms in total. The van der Waals surface area contributed by atoms with Crippen LogP contribution in [0.2, 0.25) is 0 Å². The lowest BCUT2D eigenvalue weighted by atomic mass is 9.96. The molecule has 0 radical (unpaired) electrons. The Morgan fingerprint density at radius 1 is 1.00 bits per heavy atom. The van der Waals surface area contributed by atoms with Crippen LogP contribution in [0.3, 0.4) is 0 Å². The van der Waals surface area contributed by atoms with Crippen molar-refractivity contribution in [2.75, 3.05) is 0 Å². The molecule has 0 aliphatic carbocycles. The molecule has 0 fully saturated rings. The van der Waals surface area contributed by atoms with Crippen LogP contribution in [0.4, 0.5) is 0 Å². The molecule has 0 saturated heterocycles. The average Bonchev–Trinajstić information content (AvgIpc) is 2.37. The van der Waals surface area contributed by atoms with Gasteiger partial charge in [0.15, 0.2) is 0 Å². The van der Waals surface area contributed by atoms with Crippen LogP contribution in [-0.4, -0.2) is 11.2 Å². The molecule has 20 heavy (non-hydrogen) atoms. The van der Waals surface area contributed by atoms with Gasteiger partial charge in [0, 0.05) is 0 Å². The zero-order chi connectivity index (χ0) is 14.7. The van der Waals surface area contributed by atoms with Gasteiger partial charge >= 0.3 is 0 Å². The molecule has 0 saturated carbocycles. The van der Waals surface area contributed by atoms with E-state index in [1.807, 2.05) is 57.2 Å². The van der Waals surface area contributed by atoms with Crippen molar-refractivity contribution in [3.63, 3.8) is 0 Å². The molecule has 2 aromatic rings. The predicted molar refractivity (Wildman–Crippen MR) is 82.2 cm³/mol. The minimum Gasteiger partial charge on any atom is -0.491 e. The first-order valence-corrected chi connectivity index (χ1v) is 6.99. The Morgan fingerprint density at radius 3 is 2.40 bits per heavy atom. The highest BCUT2D eigenvalue weighted by Crippen LogP contribution is 2.28. The largest absolute Gasteiger partial charge is 0.491 e. The summed E-state index contributed by atoms with van der Waals surface area (Å²) in [4.78, 5) is 0. The summed E-state index contributed by atoms with van der Waals surface area (Å²) < 4.78 is 5.68. The Labute approximate surface area is 121 Å². The van der Waals surface area contributed by atoms with Crippen molar-refractivity contribution in [2.24, 2.45) is 0 Å². The molecule has 1 N–H and O–H groups in total. The number of hydrogen-bond acceptors (Lipinski definition) is 2. The SMILES string of the molecule is Cc1ccc(C(O)c2cccc(OC(C)C)c2)c(C)c1. The van der Waals surface area contributed by atoms with Crippen molar-refractivity contribution in [2.45, 2.75) is 39.9 Å². The van der Waals surface area contributed by atoms with Crippen LogP contribution in [0.25, 0.3) is 0 Å². The highest BCUT2D eigenvalue weighted by atomic mass is 16.5. The first-order valence-electron chi connectivity index (χ1n) is 6.99. The summed E-state index contributed by atoms with van der Waals surface area (Å²) in [5, 5.41) is 10.6. The first kappa shape index (κ1) is 14.6. The number of aliphatic hydroxyl groups is 1. The highest BCUT2D eigenvalue weighted by molar-refractivity contribution is 5.39. The van der Waals surface area contributed by atoms with E-state index in [1.54, 1.807) is 0 Å². The third-order valence-corrected chi connectivity index (χ3v) is 3.27. The molecular weight excluding hydrogens is 248 g/mol. The molecule has 0 heterocycles. The van der Waals surface area contributed by atoms with E-state index in [0.717, 1.165) is 22.4 Å². The summed E-state index contributed by atoms with van der Waals surface area (Å²) in [6, 6.07) is 13.8. The highest BCUT2D eigenvalue weighted by Gasteiger charge is 2.13. The molecule has 2 aromatic carbocycles. The minimum atomic E-state index is -0.619. The predicted octanol–water partition coefficient (Wildman–Crippen LogP) is 4.17. The van der Waals surface area contributed by atoms with Crippen LogP contribution in [0.1, 0.15) is 42.2 Å². The van der Waals surface area contributed by atoms with Crippen molar-refractivity contribution in [1.29, 1.82) is 0 Å². The lowest BCUT2D eigenvalue weighted by molar-refractivity contribution is 0.216. The van der Waals surface area contributed by atoms with E-state index < -0.39 is 6.10 Å². The third-order valence-electron chi connectivity index (χ3n) is 3.27. The van der Waals surface area contributed by atoms with Gasteiger partial charge in [-0.3, -0.25) is 0 Å². The second-order valence-corrected chi connectivity index (χ2v) is 5.50. The molecule has 0 spiro atoms. The number of rotatable bonds is 4. The van der Waals surface area contributed by atoms with E-state index >= 15 is 0 Å². The van der Waals surface area contributed by atoms with E-state index in [0.29, 0.717) is 0 Å². The number of ether oxygens (including phenoxy) is 1. The number of benzene rings is 2. The second kappa shape index (κ2) is 6.10. The fourth-order valence-corrected chi connectivity index (χ4v) is 2.34. The summed E-state index contributed by atoms with van der Waals surface area (Å²) in [5.41, 5.74) is 4.11. The van der Waals surface area contributed by atoms with Gasteiger partial charge in [-0.25, -0.2) is 0 Å². The van der Waals surface area contributed by atoms with Gasteiger partial charge in [0.05, 0.1) is 6.10 Å². The molecule has 0 bridgehead atoms. The van der Waals surface area contributed by atoms with Crippen LogP contribution in [0, 0.1) is 13.8 Å². The van der Waals surface area contributed by atoms with Crippen molar-refractivity contribution < 1.29 is 9.84 Å². The van der Waals surface area contributed by atoms with E-state index in [-0.39, 0.29) is 6.10 Å². The van der Waals surface area contributed by atoms with E-state index in [9.17, 15) is 5.11 Å². The molecule has 0 amide bonds. The van der Waals surface area contributed by atoms with E-state index in [1.165, 1.54) is 5.56 Å². The van der Waals surface area contributed by atoms with Gasteiger partial charge in [-0.2, -0.15) is 0 Å². The molecular formula is C18H22O2. The normalized spacial score (nSPS) is 12.5. The van der Waals surface area contributed by atoms with Crippen molar-refractivity contribution in [3.8, 4) is 5.75 Å². The topological polar surface area (TPSA) is 29.5 Å². The van der Waals surface area contributed by atoms with Gasteiger partial charge in [0.25, 0.3) is 0 Å². The summed E-state index contributed by atoms with van der Waals surface area (Å²) >= 11 is 0. The van der Waals surface area contributed by atoms with E-state index in [4.69, 9.17) is 4.74 Å². The number of aryl methyl sites for hydroxylation is 2. The van der Waals surface area contributed by atoms with Crippen molar-refractivity contribution in [3.05, 3.63) is 64.7 Å². The van der Waals surface area contributed by atoms with Crippen LogP contribution < -0.4 is 4.74 Å². The monoisotopic (exact) mass is 270 g/mol. The van der Waals surface area contributed by atoms with Gasteiger partial charge in [0.1, 0.15) is 11.9 Å². The van der Waals surface area contributed by atoms with Crippen molar-refractivity contribution in [1.82, 2.24) is 0 Å². The van der Waals surface area contributed by atoms with Gasteiger partial charge in [0.2, 0.25) is 0 Å². The summed E-state index contributed by atoms with van der Waals surface area (Å²) in [5.74, 6) is 0.793. The number of hydrogen-bond donors (Lipinski definition) is 1. The van der Waals surface area contributed by atoms with Gasteiger partial charge in [-0.05, 0) is 56.5 Å².